The maximum atomic E-state index is 12.2. The number of anilines is 1. The summed E-state index contributed by atoms with van der Waals surface area (Å²) in [7, 11) is 2.85. The molecule has 136 valence electrons. The lowest BCUT2D eigenvalue weighted by atomic mass is 10.1. The van der Waals surface area contributed by atoms with Crippen LogP contribution in [0.4, 0.5) is 5.82 Å². The Bertz CT molecular complexity index is 1040. The van der Waals surface area contributed by atoms with Crippen LogP contribution >= 0.6 is 15.9 Å². The Morgan fingerprint density at radius 2 is 1.81 bits per heavy atom. The van der Waals surface area contributed by atoms with Crippen molar-refractivity contribution in [2.24, 2.45) is 14.1 Å². The van der Waals surface area contributed by atoms with Gasteiger partial charge >= 0.3 is 5.69 Å². The molecule has 0 saturated carbocycles. The molecular formula is C17H17BrN4O4. The highest BCUT2D eigenvalue weighted by atomic mass is 79.9. The zero-order chi connectivity index (χ0) is 19.0. The van der Waals surface area contributed by atoms with Crippen molar-refractivity contribution in [1.29, 1.82) is 5.26 Å². The zero-order valence-corrected chi connectivity index (χ0v) is 16.1. The Morgan fingerprint density at radius 1 is 1.19 bits per heavy atom. The summed E-state index contributed by atoms with van der Waals surface area (Å²) < 4.78 is 14.1. The topological polar surface area (TPSA) is 98.3 Å². The molecule has 2 aromatic rings. The van der Waals surface area contributed by atoms with Gasteiger partial charge < -0.3 is 14.8 Å². The predicted octanol–water partition coefficient (Wildman–Crippen LogP) is 1.66. The Kier molecular flexibility index (Phi) is 4.78. The van der Waals surface area contributed by atoms with Gasteiger partial charge in [-0.25, -0.2) is 4.79 Å². The van der Waals surface area contributed by atoms with Crippen LogP contribution in [0, 0.1) is 11.3 Å². The predicted molar refractivity (Wildman–Crippen MR) is 98.8 cm³/mol. The number of halogens is 1. The molecule has 0 saturated heterocycles. The van der Waals surface area contributed by atoms with E-state index in [-0.39, 0.29) is 17.4 Å². The van der Waals surface area contributed by atoms with Gasteiger partial charge in [-0.2, -0.15) is 5.26 Å². The first-order valence-electron chi connectivity index (χ1n) is 7.90. The number of aromatic nitrogens is 2. The fraction of sp³-hybridized carbons (Fsp3) is 0.353. The lowest BCUT2D eigenvalue weighted by Crippen LogP contribution is -2.40. The SMILES string of the molecule is CC(Nc1c(C#N)c(=O)n(C)c(=O)n1C)c1cc2c(cc1Br)OCCO2. The lowest BCUT2D eigenvalue weighted by Gasteiger charge is -2.24. The molecule has 1 aromatic heterocycles. The molecule has 0 aliphatic carbocycles. The fourth-order valence-corrected chi connectivity index (χ4v) is 3.47. The van der Waals surface area contributed by atoms with E-state index in [1.807, 2.05) is 25.1 Å². The molecular weight excluding hydrogens is 404 g/mol. The van der Waals surface area contributed by atoms with Gasteiger partial charge in [-0.1, -0.05) is 15.9 Å². The number of nitrogens with one attached hydrogen (secondary N) is 1. The maximum Gasteiger partial charge on any atom is 0.332 e. The second-order valence-electron chi connectivity index (χ2n) is 5.92. The van der Waals surface area contributed by atoms with E-state index in [1.165, 1.54) is 18.7 Å². The van der Waals surface area contributed by atoms with E-state index < -0.39 is 11.2 Å². The summed E-state index contributed by atoms with van der Waals surface area (Å²) in [5.74, 6) is 1.45. The first-order valence-corrected chi connectivity index (χ1v) is 8.70. The zero-order valence-electron chi connectivity index (χ0n) is 14.5. The molecule has 0 amide bonds. The van der Waals surface area contributed by atoms with Crippen molar-refractivity contribution in [3.05, 3.63) is 48.6 Å². The van der Waals surface area contributed by atoms with E-state index in [0.717, 1.165) is 14.6 Å². The quantitative estimate of drug-likeness (QED) is 0.810. The fourth-order valence-electron chi connectivity index (χ4n) is 2.81. The maximum absolute atomic E-state index is 12.2. The molecule has 26 heavy (non-hydrogen) atoms. The van der Waals surface area contributed by atoms with E-state index in [4.69, 9.17) is 9.47 Å². The number of fused-ring (bicyclic) bond motifs is 1. The van der Waals surface area contributed by atoms with E-state index >= 15 is 0 Å². The molecule has 1 N–H and O–H groups in total. The van der Waals surface area contributed by atoms with Crippen molar-refractivity contribution in [1.82, 2.24) is 9.13 Å². The van der Waals surface area contributed by atoms with Crippen LogP contribution in [-0.2, 0) is 14.1 Å². The van der Waals surface area contributed by atoms with Crippen molar-refractivity contribution in [3.63, 3.8) is 0 Å². The molecule has 2 heterocycles. The molecule has 0 radical (unpaired) electrons. The van der Waals surface area contributed by atoms with Crippen LogP contribution < -0.4 is 26.0 Å². The van der Waals surface area contributed by atoms with Crippen molar-refractivity contribution in [2.75, 3.05) is 18.5 Å². The molecule has 8 nitrogen and oxygen atoms in total. The molecule has 0 bridgehead atoms. The van der Waals surface area contributed by atoms with E-state index in [1.54, 1.807) is 0 Å². The molecule has 1 aliphatic heterocycles. The van der Waals surface area contributed by atoms with Crippen LogP contribution in [0.25, 0.3) is 0 Å². The van der Waals surface area contributed by atoms with E-state index in [0.29, 0.717) is 24.7 Å². The summed E-state index contributed by atoms with van der Waals surface area (Å²) in [5.41, 5.74) is -0.419. The molecule has 0 spiro atoms. The Morgan fingerprint density at radius 3 is 2.42 bits per heavy atom. The number of ether oxygens (including phenoxy) is 2. The number of nitriles is 1. The second kappa shape index (κ2) is 6.88. The van der Waals surface area contributed by atoms with Crippen LogP contribution in [0.1, 0.15) is 24.1 Å². The van der Waals surface area contributed by atoms with Gasteiger partial charge in [0.15, 0.2) is 17.1 Å². The third-order valence-electron chi connectivity index (χ3n) is 4.26. The van der Waals surface area contributed by atoms with Crippen LogP contribution in [0.3, 0.4) is 0 Å². The highest BCUT2D eigenvalue weighted by Crippen LogP contribution is 2.38. The van der Waals surface area contributed by atoms with Gasteiger partial charge in [0.05, 0.1) is 6.04 Å². The van der Waals surface area contributed by atoms with Gasteiger partial charge in [0.2, 0.25) is 0 Å². The summed E-state index contributed by atoms with van der Waals surface area (Å²) in [5, 5.41) is 12.5. The van der Waals surface area contributed by atoms with Gasteiger partial charge in [-0.3, -0.25) is 13.9 Å². The van der Waals surface area contributed by atoms with Crippen molar-refractivity contribution in [2.45, 2.75) is 13.0 Å². The lowest BCUT2D eigenvalue weighted by molar-refractivity contribution is 0.171. The molecule has 3 rings (SSSR count). The number of hydrogen-bond acceptors (Lipinski definition) is 6. The standard InChI is InChI=1S/C17H17BrN4O4/c1-9(10-6-13-14(7-12(10)18)26-5-4-25-13)20-15-11(8-19)16(23)22(3)17(24)21(15)2/h6-7,9,20H,4-5H2,1-3H3. The third kappa shape index (κ3) is 2.97. The van der Waals surface area contributed by atoms with Gasteiger partial charge in [0, 0.05) is 18.6 Å². The van der Waals surface area contributed by atoms with Crippen LogP contribution in [0.2, 0.25) is 0 Å². The third-order valence-corrected chi connectivity index (χ3v) is 4.94. The summed E-state index contributed by atoms with van der Waals surface area (Å²) in [6, 6.07) is 5.22. The second-order valence-corrected chi connectivity index (χ2v) is 6.78. The molecule has 1 atom stereocenters. The molecule has 1 aromatic carbocycles. The van der Waals surface area contributed by atoms with Gasteiger partial charge in [0.25, 0.3) is 5.56 Å². The van der Waals surface area contributed by atoms with E-state index in [9.17, 15) is 14.9 Å². The number of benzene rings is 1. The van der Waals surface area contributed by atoms with Crippen LogP contribution in [0.15, 0.2) is 26.2 Å². The molecule has 1 unspecified atom stereocenters. The summed E-state index contributed by atoms with van der Waals surface area (Å²) >= 11 is 3.51. The Hall–Kier alpha value is -2.73. The summed E-state index contributed by atoms with van der Waals surface area (Å²) in [6.07, 6.45) is 0. The number of hydrogen-bond donors (Lipinski definition) is 1. The monoisotopic (exact) mass is 420 g/mol. The minimum absolute atomic E-state index is 0.116. The summed E-state index contributed by atoms with van der Waals surface area (Å²) in [6.45, 7) is 2.82. The average Bonchev–Trinajstić information content (AvgIpc) is 2.64. The van der Waals surface area contributed by atoms with Crippen LogP contribution in [0.5, 0.6) is 11.5 Å². The highest BCUT2D eigenvalue weighted by molar-refractivity contribution is 9.10. The molecule has 0 fully saturated rings. The minimum atomic E-state index is -0.633. The number of nitrogens with zero attached hydrogens (tertiary/aromatic N) is 3. The Balaban J connectivity index is 2.04. The largest absolute Gasteiger partial charge is 0.486 e. The summed E-state index contributed by atoms with van der Waals surface area (Å²) in [4.78, 5) is 24.4. The average molecular weight is 421 g/mol. The Labute approximate surface area is 157 Å². The minimum Gasteiger partial charge on any atom is -0.486 e. The first kappa shape index (κ1) is 18.1. The van der Waals surface area contributed by atoms with Gasteiger partial charge in [-0.15, -0.1) is 0 Å². The molecule has 9 heteroatoms. The van der Waals surface area contributed by atoms with Gasteiger partial charge in [0.1, 0.15) is 25.1 Å². The highest BCUT2D eigenvalue weighted by Gasteiger charge is 2.21. The normalized spacial score (nSPS) is 13.8. The van der Waals surface area contributed by atoms with E-state index in [2.05, 4.69) is 21.2 Å². The van der Waals surface area contributed by atoms with Crippen molar-refractivity contribution >= 4 is 21.7 Å². The van der Waals surface area contributed by atoms with Crippen molar-refractivity contribution < 1.29 is 9.47 Å². The van der Waals surface area contributed by atoms with Gasteiger partial charge in [-0.05, 0) is 24.6 Å². The first-order chi connectivity index (χ1) is 12.3. The smallest absolute Gasteiger partial charge is 0.332 e. The van der Waals surface area contributed by atoms with Crippen molar-refractivity contribution in [3.8, 4) is 17.6 Å². The molecule has 1 aliphatic rings. The van der Waals surface area contributed by atoms with Crippen LogP contribution in [-0.4, -0.2) is 22.3 Å². The number of rotatable bonds is 3.